The Morgan fingerprint density at radius 1 is 0.843 bits per heavy atom. The summed E-state index contributed by atoms with van der Waals surface area (Å²) in [6.45, 7) is 8.60. The highest BCUT2D eigenvalue weighted by molar-refractivity contribution is 5.88. The van der Waals surface area contributed by atoms with Crippen LogP contribution in [0.4, 0.5) is 15.3 Å². The average molecular weight is 713 g/mol. The van der Waals surface area contributed by atoms with Gasteiger partial charge in [0.15, 0.2) is 0 Å². The number of primary amides is 1. The van der Waals surface area contributed by atoms with E-state index in [1.54, 1.807) is 0 Å². The molecule has 1 heterocycles. The van der Waals surface area contributed by atoms with E-state index < -0.39 is 24.3 Å². The molecule has 2 aromatic rings. The van der Waals surface area contributed by atoms with E-state index in [0.717, 1.165) is 37.7 Å². The number of unbranched alkanes of at least 4 members (excludes halogenated alkanes) is 1. The zero-order valence-electron chi connectivity index (χ0n) is 30.9. The number of likely N-dealkylation sites (tertiary alicyclic amines) is 1. The number of aryl methyl sites for hydroxylation is 1. The molecule has 2 aromatic carbocycles. The molecule has 51 heavy (non-hydrogen) atoms. The van der Waals surface area contributed by atoms with Crippen LogP contribution >= 0.6 is 0 Å². The Morgan fingerprint density at radius 2 is 1.35 bits per heavy atom. The minimum atomic E-state index is -0.655. The molecule has 0 radical (unpaired) electrons. The van der Waals surface area contributed by atoms with E-state index in [1.807, 2.05) is 34.7 Å². The van der Waals surface area contributed by atoms with Crippen molar-refractivity contribution in [3.8, 4) is 11.1 Å². The number of anilines is 1. The first-order chi connectivity index (χ1) is 24.4. The Balaban J connectivity index is 0.000000526. The van der Waals surface area contributed by atoms with E-state index >= 15 is 0 Å². The summed E-state index contributed by atoms with van der Waals surface area (Å²) in [6.07, 6.45) is 4.14. The topological polar surface area (TPSA) is 198 Å². The number of carbonyl (C=O) groups excluding carboxylic acids is 6. The van der Waals surface area contributed by atoms with Crippen LogP contribution in [0.2, 0.25) is 0 Å². The second-order valence-corrected chi connectivity index (χ2v) is 12.5. The fourth-order valence-electron chi connectivity index (χ4n) is 5.28. The smallest absolute Gasteiger partial charge is 0.407 e. The van der Waals surface area contributed by atoms with Gasteiger partial charge in [-0.2, -0.15) is 0 Å². The molecule has 14 nitrogen and oxygen atoms in total. The quantitative estimate of drug-likeness (QED) is 0.143. The van der Waals surface area contributed by atoms with Crippen molar-refractivity contribution < 1.29 is 38.2 Å². The van der Waals surface area contributed by atoms with Crippen molar-refractivity contribution in [2.24, 2.45) is 17.6 Å². The highest BCUT2D eigenvalue weighted by Gasteiger charge is 2.35. The maximum Gasteiger partial charge on any atom is 0.407 e. The van der Waals surface area contributed by atoms with Crippen molar-refractivity contribution in [1.82, 2.24) is 20.9 Å². The molecule has 3 unspecified atom stereocenters. The number of methoxy groups -OCH3 is 2. The molecule has 5 amide bonds. The summed E-state index contributed by atoms with van der Waals surface area (Å²) in [5, 5.41) is 11.1. The third kappa shape index (κ3) is 15.5. The van der Waals surface area contributed by atoms with Gasteiger partial charge in [-0.3, -0.25) is 14.4 Å². The van der Waals surface area contributed by atoms with E-state index in [1.165, 1.54) is 35.8 Å². The average Bonchev–Trinajstić information content (AvgIpc) is 3.62. The lowest BCUT2D eigenvalue weighted by Crippen LogP contribution is -2.52. The molecular weight excluding hydrogens is 656 g/mol. The highest BCUT2D eigenvalue weighted by Crippen LogP contribution is 2.22. The van der Waals surface area contributed by atoms with Crippen molar-refractivity contribution in [3.63, 3.8) is 0 Å². The summed E-state index contributed by atoms with van der Waals surface area (Å²) >= 11 is 0. The lowest BCUT2D eigenvalue weighted by atomic mass is 10.0. The summed E-state index contributed by atoms with van der Waals surface area (Å²) in [4.78, 5) is 68.2. The van der Waals surface area contributed by atoms with Gasteiger partial charge < -0.3 is 46.2 Å². The predicted octanol–water partition coefficient (Wildman–Crippen LogP) is 3.87. The second kappa shape index (κ2) is 24.1. The Kier molecular flexibility index (Phi) is 20.7. The van der Waals surface area contributed by atoms with Crippen LogP contribution in [0, 0.1) is 11.8 Å². The number of nitrogens with two attached hydrogens (primary N) is 1. The van der Waals surface area contributed by atoms with Crippen LogP contribution in [-0.2, 0) is 35.1 Å². The number of nitrogens with zero attached hydrogens (tertiary/aromatic N) is 1. The molecule has 1 aliphatic rings. The molecule has 1 fully saturated rings. The first kappa shape index (κ1) is 43.9. The van der Waals surface area contributed by atoms with E-state index in [-0.39, 0.29) is 36.1 Å². The standard InChI is InChI=1S/C24H33N3O3.C12H20N2O4.CH3NO/c1-17(2)22(27-24(29)30-4)23(28)26-16-6-5-7-18-8-10-19(11-9-18)20-12-14-21(25-3)15-13-20;1-8(2)10(13-12(17)18-3)11(16)14-6-4-5-9(14)7-15;2-1-3/h8-15,17,22,25H,5-7,16H2,1-4H3,(H,26,28)(H,27,29);7-10H,4-6H2,1-3H3,(H,13,17);1H,(H2,2,3). The molecule has 6 N–H and O–H groups in total. The van der Waals surface area contributed by atoms with Crippen molar-refractivity contribution in [2.45, 2.75) is 77.9 Å². The first-order valence-corrected chi connectivity index (χ1v) is 17.1. The lowest BCUT2D eigenvalue weighted by molar-refractivity contribution is -0.137. The SMILES string of the molecule is CNc1ccc(-c2ccc(CCCCNC(=O)C(NC(=O)OC)C(C)C)cc2)cc1.COC(=O)NC(C(=O)N1CCCC1C=O)C(C)C.NC=O. The van der Waals surface area contributed by atoms with Crippen LogP contribution in [0.3, 0.4) is 0 Å². The van der Waals surface area contributed by atoms with E-state index in [9.17, 15) is 24.0 Å². The van der Waals surface area contributed by atoms with Gasteiger partial charge in [0.1, 0.15) is 18.4 Å². The molecule has 1 saturated heterocycles. The third-order valence-corrected chi connectivity index (χ3v) is 8.19. The Hall–Kier alpha value is -5.14. The fourth-order valence-corrected chi connectivity index (χ4v) is 5.28. The van der Waals surface area contributed by atoms with Crippen molar-refractivity contribution in [1.29, 1.82) is 0 Å². The number of benzene rings is 2. The van der Waals surface area contributed by atoms with Crippen LogP contribution in [-0.4, -0.2) is 94.1 Å². The monoisotopic (exact) mass is 712 g/mol. The molecule has 0 spiro atoms. The predicted molar refractivity (Wildman–Crippen MR) is 197 cm³/mol. The number of ether oxygens (including phenoxy) is 2. The largest absolute Gasteiger partial charge is 0.453 e. The summed E-state index contributed by atoms with van der Waals surface area (Å²) in [6, 6.07) is 15.4. The van der Waals surface area contributed by atoms with Crippen molar-refractivity contribution in [2.75, 3.05) is 39.7 Å². The third-order valence-electron chi connectivity index (χ3n) is 8.19. The van der Waals surface area contributed by atoms with E-state index in [2.05, 4.69) is 85.0 Å². The zero-order chi connectivity index (χ0) is 38.3. The first-order valence-electron chi connectivity index (χ1n) is 17.1. The molecule has 0 bridgehead atoms. The molecule has 0 aromatic heterocycles. The van der Waals surface area contributed by atoms with Crippen LogP contribution in [0.1, 0.15) is 58.9 Å². The van der Waals surface area contributed by atoms with Gasteiger partial charge in [-0.15, -0.1) is 0 Å². The summed E-state index contributed by atoms with van der Waals surface area (Å²) in [5.74, 6) is -0.476. The van der Waals surface area contributed by atoms with Gasteiger partial charge in [-0.05, 0) is 72.8 Å². The van der Waals surface area contributed by atoms with E-state index in [0.29, 0.717) is 19.5 Å². The Labute approximate surface area is 301 Å². The van der Waals surface area contributed by atoms with Crippen LogP contribution in [0.25, 0.3) is 11.1 Å². The maximum absolute atomic E-state index is 12.3. The lowest BCUT2D eigenvalue weighted by Gasteiger charge is -2.28. The number of nitrogens with one attached hydrogen (secondary N) is 4. The van der Waals surface area contributed by atoms with Crippen LogP contribution in [0.5, 0.6) is 0 Å². The Bertz CT molecular complexity index is 1370. The summed E-state index contributed by atoms with van der Waals surface area (Å²) in [7, 11) is 4.45. The van der Waals surface area contributed by atoms with E-state index in [4.69, 9.17) is 4.79 Å². The van der Waals surface area contributed by atoms with Gasteiger partial charge in [0.2, 0.25) is 18.2 Å². The van der Waals surface area contributed by atoms with Gasteiger partial charge in [0.05, 0.1) is 20.3 Å². The second-order valence-electron chi connectivity index (χ2n) is 12.5. The minimum absolute atomic E-state index is 0.0166. The Morgan fingerprint density at radius 3 is 1.82 bits per heavy atom. The number of aldehydes is 1. The molecule has 0 aliphatic carbocycles. The normalized spacial score (nSPS) is 14.4. The molecular formula is C37H56N6O8. The summed E-state index contributed by atoms with van der Waals surface area (Å²) in [5.41, 5.74) is 8.95. The van der Waals surface area contributed by atoms with Gasteiger partial charge >= 0.3 is 12.2 Å². The van der Waals surface area contributed by atoms with Crippen molar-refractivity contribution in [3.05, 3.63) is 54.1 Å². The minimum Gasteiger partial charge on any atom is -0.453 e. The molecule has 282 valence electrons. The molecule has 14 heteroatoms. The number of alkyl carbamates (subject to hydrolysis) is 2. The molecule has 0 saturated carbocycles. The number of amides is 5. The van der Waals surface area contributed by atoms with Crippen LogP contribution in [0.15, 0.2) is 48.5 Å². The molecule has 1 aliphatic heterocycles. The number of carbonyl (C=O) groups is 6. The zero-order valence-corrected chi connectivity index (χ0v) is 30.9. The highest BCUT2D eigenvalue weighted by atomic mass is 16.5. The number of rotatable bonds is 14. The van der Waals surface area contributed by atoms with Gasteiger partial charge in [-0.25, -0.2) is 9.59 Å². The van der Waals surface area contributed by atoms with Crippen LogP contribution < -0.4 is 27.0 Å². The number of hydrogen-bond acceptors (Lipinski definition) is 9. The molecule has 3 atom stereocenters. The molecule has 3 rings (SSSR count). The van der Waals surface area contributed by atoms with Gasteiger partial charge in [0.25, 0.3) is 0 Å². The fraction of sp³-hybridized carbons (Fsp3) is 0.514. The summed E-state index contributed by atoms with van der Waals surface area (Å²) < 4.78 is 9.09. The van der Waals surface area contributed by atoms with Gasteiger partial charge in [-0.1, -0.05) is 64.1 Å². The van der Waals surface area contributed by atoms with Crippen molar-refractivity contribution >= 4 is 42.4 Å². The maximum atomic E-state index is 12.3. The number of hydrogen-bond donors (Lipinski definition) is 5. The van der Waals surface area contributed by atoms with Gasteiger partial charge in [0, 0.05) is 25.8 Å².